The fourth-order valence-electron chi connectivity index (χ4n) is 4.43. The molecule has 3 aliphatic rings. The second-order valence-electron chi connectivity index (χ2n) is 6.58. The molecule has 114 valence electrons. The van der Waals surface area contributed by atoms with E-state index in [1.807, 2.05) is 13.8 Å². The van der Waals surface area contributed by atoms with Gasteiger partial charge in [-0.3, -0.25) is 9.59 Å². The van der Waals surface area contributed by atoms with Gasteiger partial charge in [-0.05, 0) is 26.0 Å². The molecule has 0 radical (unpaired) electrons. The van der Waals surface area contributed by atoms with E-state index < -0.39 is 0 Å². The molecule has 0 N–H and O–H groups in total. The Bertz CT molecular complexity index is 805. The standard InChI is InChI=1S/C19H16N2O2/c1-10(2)15-12-7-8-13(15)17-16(12)18(22)21(19(17)23)14-6-4-3-5-11(14)9-20/h3-8,12-13,16-17H,1-2H3/t12-,13-,16+,17+/m1/s1. The van der Waals surface area contributed by atoms with E-state index in [-0.39, 0.29) is 35.5 Å². The van der Waals surface area contributed by atoms with Gasteiger partial charge in [-0.15, -0.1) is 0 Å². The molecule has 2 aliphatic carbocycles. The van der Waals surface area contributed by atoms with Crippen molar-refractivity contribution in [2.24, 2.45) is 23.7 Å². The minimum atomic E-state index is -0.311. The molecule has 1 saturated carbocycles. The monoisotopic (exact) mass is 304 g/mol. The highest BCUT2D eigenvalue weighted by Crippen LogP contribution is 2.57. The van der Waals surface area contributed by atoms with E-state index >= 15 is 0 Å². The molecule has 1 aromatic rings. The second kappa shape index (κ2) is 4.66. The van der Waals surface area contributed by atoms with Crippen LogP contribution >= 0.6 is 0 Å². The number of fused-ring (bicyclic) bond motifs is 5. The molecular formula is C19H16N2O2. The quantitative estimate of drug-likeness (QED) is 0.592. The van der Waals surface area contributed by atoms with Crippen LogP contribution in [0.4, 0.5) is 5.69 Å². The lowest BCUT2D eigenvalue weighted by molar-refractivity contribution is -0.122. The summed E-state index contributed by atoms with van der Waals surface area (Å²) in [4.78, 5) is 27.2. The van der Waals surface area contributed by atoms with Gasteiger partial charge in [0.15, 0.2) is 0 Å². The van der Waals surface area contributed by atoms with Crippen LogP contribution in [0.15, 0.2) is 47.6 Å². The van der Waals surface area contributed by atoms with E-state index in [1.54, 1.807) is 24.3 Å². The van der Waals surface area contributed by atoms with Gasteiger partial charge >= 0.3 is 0 Å². The maximum Gasteiger partial charge on any atom is 0.238 e. The molecular weight excluding hydrogens is 288 g/mol. The van der Waals surface area contributed by atoms with E-state index in [0.717, 1.165) is 0 Å². The molecule has 2 bridgehead atoms. The molecule has 0 aromatic heterocycles. The van der Waals surface area contributed by atoms with Gasteiger partial charge in [0.2, 0.25) is 11.8 Å². The number of hydrogen-bond acceptors (Lipinski definition) is 3. The largest absolute Gasteiger partial charge is 0.274 e. The average Bonchev–Trinajstić information content (AvgIpc) is 3.18. The van der Waals surface area contributed by atoms with Crippen LogP contribution in [0.1, 0.15) is 19.4 Å². The molecule has 1 saturated heterocycles. The SMILES string of the molecule is CC(C)=C1[C@H]2C=C[C@H]1[C@@H]1C(=O)N(c3ccccc3C#N)C(=O)[C@H]12. The zero-order chi connectivity index (χ0) is 16.3. The highest BCUT2D eigenvalue weighted by atomic mass is 16.2. The Balaban J connectivity index is 1.81. The van der Waals surface area contributed by atoms with Gasteiger partial charge in [0.05, 0.1) is 23.1 Å². The third-order valence-corrected chi connectivity index (χ3v) is 5.26. The Morgan fingerprint density at radius 3 is 2.13 bits per heavy atom. The van der Waals surface area contributed by atoms with Crippen molar-refractivity contribution in [2.75, 3.05) is 4.90 Å². The molecule has 1 aliphatic heterocycles. The molecule has 4 atom stereocenters. The molecule has 0 unspecified atom stereocenters. The fourth-order valence-corrected chi connectivity index (χ4v) is 4.43. The smallest absolute Gasteiger partial charge is 0.238 e. The number of nitriles is 1. The lowest BCUT2D eigenvalue weighted by atomic mass is 9.85. The van der Waals surface area contributed by atoms with E-state index in [0.29, 0.717) is 11.3 Å². The first kappa shape index (κ1) is 14.0. The topological polar surface area (TPSA) is 61.2 Å². The molecule has 0 spiro atoms. The van der Waals surface area contributed by atoms with E-state index in [9.17, 15) is 14.9 Å². The highest BCUT2D eigenvalue weighted by molar-refractivity contribution is 6.23. The summed E-state index contributed by atoms with van der Waals surface area (Å²) in [6, 6.07) is 8.87. The first-order valence-electron chi connectivity index (χ1n) is 7.78. The Kier molecular flexibility index (Phi) is 2.83. The number of rotatable bonds is 1. The van der Waals surface area contributed by atoms with Crippen molar-refractivity contribution in [1.29, 1.82) is 5.26 Å². The Morgan fingerprint density at radius 1 is 1.04 bits per heavy atom. The normalized spacial score (nSPS) is 30.8. The van der Waals surface area contributed by atoms with E-state index in [4.69, 9.17) is 0 Å². The van der Waals surface area contributed by atoms with E-state index in [2.05, 4.69) is 18.2 Å². The maximum atomic E-state index is 13.0. The fraction of sp³-hybridized carbons (Fsp3) is 0.316. The molecule has 4 heteroatoms. The average molecular weight is 304 g/mol. The third-order valence-electron chi connectivity index (χ3n) is 5.26. The summed E-state index contributed by atoms with van der Waals surface area (Å²) in [7, 11) is 0. The molecule has 1 heterocycles. The van der Waals surface area contributed by atoms with Crippen molar-refractivity contribution in [3.63, 3.8) is 0 Å². The van der Waals surface area contributed by atoms with Crippen molar-refractivity contribution >= 4 is 17.5 Å². The Labute approximate surface area is 134 Å². The van der Waals surface area contributed by atoms with Crippen LogP contribution in [-0.2, 0) is 9.59 Å². The molecule has 23 heavy (non-hydrogen) atoms. The van der Waals surface area contributed by atoms with Gasteiger partial charge < -0.3 is 0 Å². The summed E-state index contributed by atoms with van der Waals surface area (Å²) >= 11 is 0. The van der Waals surface area contributed by atoms with Crippen molar-refractivity contribution in [1.82, 2.24) is 0 Å². The predicted molar refractivity (Wildman–Crippen MR) is 85.1 cm³/mol. The highest BCUT2D eigenvalue weighted by Gasteiger charge is 2.62. The summed E-state index contributed by atoms with van der Waals surface area (Å²) in [6.45, 7) is 4.09. The number of benzene rings is 1. The zero-order valence-electron chi connectivity index (χ0n) is 13.0. The van der Waals surface area contributed by atoms with Crippen molar-refractivity contribution < 1.29 is 9.59 Å². The Hall–Kier alpha value is -2.67. The number of carbonyl (C=O) groups is 2. The molecule has 4 rings (SSSR count). The number of nitrogens with zero attached hydrogens (tertiary/aromatic N) is 2. The van der Waals surface area contributed by atoms with Crippen molar-refractivity contribution in [2.45, 2.75) is 13.8 Å². The number of amides is 2. The van der Waals surface area contributed by atoms with Crippen LogP contribution in [0.3, 0.4) is 0 Å². The van der Waals surface area contributed by atoms with Gasteiger partial charge in [0, 0.05) is 11.8 Å². The van der Waals surface area contributed by atoms with Crippen molar-refractivity contribution in [3.8, 4) is 6.07 Å². The summed E-state index contributed by atoms with van der Waals surface area (Å²) < 4.78 is 0. The predicted octanol–water partition coefficient (Wildman–Crippen LogP) is 2.82. The van der Waals surface area contributed by atoms with Crippen molar-refractivity contribution in [3.05, 3.63) is 53.1 Å². The minimum Gasteiger partial charge on any atom is -0.274 e. The maximum absolute atomic E-state index is 13.0. The van der Waals surface area contributed by atoms with Crippen LogP contribution in [0.5, 0.6) is 0 Å². The molecule has 4 nitrogen and oxygen atoms in total. The van der Waals surface area contributed by atoms with Gasteiger partial charge in [-0.1, -0.05) is 35.4 Å². The van der Waals surface area contributed by atoms with Gasteiger partial charge in [0.25, 0.3) is 0 Å². The Morgan fingerprint density at radius 2 is 1.61 bits per heavy atom. The number of para-hydroxylation sites is 1. The van der Waals surface area contributed by atoms with Crippen LogP contribution in [0, 0.1) is 35.0 Å². The first-order valence-corrected chi connectivity index (χ1v) is 7.78. The second-order valence-corrected chi connectivity index (χ2v) is 6.58. The van der Waals surface area contributed by atoms with Crippen LogP contribution in [0.2, 0.25) is 0 Å². The molecule has 2 fully saturated rings. The summed E-state index contributed by atoms with van der Waals surface area (Å²) in [6.07, 6.45) is 4.14. The van der Waals surface area contributed by atoms with E-state index in [1.165, 1.54) is 16.0 Å². The van der Waals surface area contributed by atoms with Gasteiger partial charge in [0.1, 0.15) is 6.07 Å². The first-order chi connectivity index (χ1) is 11.1. The summed E-state index contributed by atoms with van der Waals surface area (Å²) in [5, 5.41) is 9.27. The third kappa shape index (κ3) is 1.65. The number of anilines is 1. The van der Waals surface area contributed by atoms with Crippen LogP contribution in [-0.4, -0.2) is 11.8 Å². The molecule has 2 amide bonds. The van der Waals surface area contributed by atoms with Gasteiger partial charge in [-0.2, -0.15) is 5.26 Å². The molecule has 1 aromatic carbocycles. The number of hydrogen-bond donors (Lipinski definition) is 0. The van der Waals surface area contributed by atoms with Gasteiger partial charge in [-0.25, -0.2) is 4.90 Å². The minimum absolute atomic E-state index is 0.0331. The number of carbonyl (C=O) groups excluding carboxylic acids is 2. The summed E-state index contributed by atoms with van der Waals surface area (Å²) in [5.41, 5.74) is 3.20. The number of imide groups is 1. The van der Waals surface area contributed by atoms with Crippen LogP contribution < -0.4 is 4.90 Å². The lowest BCUT2D eigenvalue weighted by Crippen LogP contribution is -2.33. The number of allylic oxidation sites excluding steroid dienone is 4. The zero-order valence-corrected chi connectivity index (χ0v) is 13.0. The lowest BCUT2D eigenvalue weighted by Gasteiger charge is -2.20. The summed E-state index contributed by atoms with van der Waals surface area (Å²) in [5.74, 6) is -0.892. The van der Waals surface area contributed by atoms with Crippen LogP contribution in [0.25, 0.3) is 0 Å².